The van der Waals surface area contributed by atoms with Crippen LogP contribution in [0.4, 0.5) is 0 Å². The first-order valence-electron chi connectivity index (χ1n) is 10.3. The predicted octanol–water partition coefficient (Wildman–Crippen LogP) is 6.02. The normalized spacial score (nSPS) is 23.8. The maximum Gasteiger partial charge on any atom is 0.314 e. The van der Waals surface area contributed by atoms with Crippen LogP contribution in [0.25, 0.3) is 0 Å². The van der Waals surface area contributed by atoms with Crippen molar-refractivity contribution in [1.82, 2.24) is 0 Å². The van der Waals surface area contributed by atoms with Gasteiger partial charge < -0.3 is 4.74 Å². The van der Waals surface area contributed by atoms with Crippen molar-refractivity contribution in [2.24, 2.45) is 17.8 Å². The molecule has 2 heteroatoms. The van der Waals surface area contributed by atoms with Gasteiger partial charge in [-0.05, 0) is 48.1 Å². The molecule has 1 aliphatic rings. The smallest absolute Gasteiger partial charge is 0.314 e. The van der Waals surface area contributed by atoms with Gasteiger partial charge in [0.25, 0.3) is 0 Å². The van der Waals surface area contributed by atoms with Crippen LogP contribution in [0.1, 0.15) is 57.1 Å². The Morgan fingerprint density at radius 3 is 2.26 bits per heavy atom. The van der Waals surface area contributed by atoms with Gasteiger partial charge in [0, 0.05) is 0 Å². The molecule has 0 saturated heterocycles. The molecule has 2 aromatic rings. The fourth-order valence-corrected chi connectivity index (χ4v) is 4.35. The third-order valence-corrected chi connectivity index (χ3v) is 6.00. The topological polar surface area (TPSA) is 26.3 Å². The third-order valence-electron chi connectivity index (χ3n) is 6.00. The number of ether oxygens (including phenoxy) is 1. The molecule has 0 bridgehead atoms. The molecule has 1 saturated carbocycles. The van der Waals surface area contributed by atoms with Gasteiger partial charge >= 0.3 is 5.97 Å². The third kappa shape index (κ3) is 5.22. The van der Waals surface area contributed by atoms with Crippen LogP contribution in [0, 0.1) is 17.8 Å². The van der Waals surface area contributed by atoms with Gasteiger partial charge in [-0.1, -0.05) is 87.9 Å². The molecule has 0 spiro atoms. The van der Waals surface area contributed by atoms with Gasteiger partial charge in [-0.2, -0.15) is 0 Å². The number of carbonyl (C=O) groups excluding carboxylic acids is 1. The van der Waals surface area contributed by atoms with E-state index in [0.717, 1.165) is 18.4 Å². The largest absolute Gasteiger partial charge is 0.462 e. The quantitative estimate of drug-likeness (QED) is 0.586. The average Bonchev–Trinajstić information content (AvgIpc) is 2.67. The molecular formula is C25H32O2. The summed E-state index contributed by atoms with van der Waals surface area (Å²) in [7, 11) is 0. The lowest BCUT2D eigenvalue weighted by Crippen LogP contribution is -2.37. The molecule has 2 aromatic carbocycles. The molecule has 0 aliphatic heterocycles. The molecule has 4 atom stereocenters. The average molecular weight is 365 g/mol. The second kappa shape index (κ2) is 9.21. The molecule has 0 N–H and O–H groups in total. The minimum absolute atomic E-state index is 0.0447. The highest BCUT2D eigenvalue weighted by Gasteiger charge is 2.35. The fraction of sp³-hybridized carbons (Fsp3) is 0.480. The van der Waals surface area contributed by atoms with Gasteiger partial charge in [0.15, 0.2) is 0 Å². The molecule has 144 valence electrons. The summed E-state index contributed by atoms with van der Waals surface area (Å²) in [5.41, 5.74) is 2.21. The van der Waals surface area contributed by atoms with Gasteiger partial charge in [0.1, 0.15) is 6.10 Å². The highest BCUT2D eigenvalue weighted by atomic mass is 16.5. The van der Waals surface area contributed by atoms with E-state index in [1.807, 2.05) is 48.5 Å². The van der Waals surface area contributed by atoms with E-state index in [-0.39, 0.29) is 18.0 Å². The Kier molecular flexibility index (Phi) is 6.71. The van der Waals surface area contributed by atoms with Crippen molar-refractivity contribution in [1.29, 1.82) is 0 Å². The Labute approximate surface area is 164 Å². The maximum atomic E-state index is 13.3. The number of rotatable bonds is 6. The van der Waals surface area contributed by atoms with Crippen LogP contribution in [-0.2, 0) is 16.0 Å². The van der Waals surface area contributed by atoms with Crippen molar-refractivity contribution in [2.45, 2.75) is 58.5 Å². The Morgan fingerprint density at radius 2 is 1.63 bits per heavy atom. The van der Waals surface area contributed by atoms with E-state index in [4.69, 9.17) is 4.74 Å². The number of hydrogen-bond acceptors (Lipinski definition) is 2. The lowest BCUT2D eigenvalue weighted by molar-refractivity contribution is -0.157. The summed E-state index contributed by atoms with van der Waals surface area (Å²) in [5.74, 6) is 1.31. The minimum Gasteiger partial charge on any atom is -0.462 e. The van der Waals surface area contributed by atoms with E-state index in [0.29, 0.717) is 24.2 Å². The van der Waals surface area contributed by atoms with E-state index in [1.165, 1.54) is 12.0 Å². The molecule has 3 rings (SSSR count). The first-order chi connectivity index (χ1) is 13.0. The van der Waals surface area contributed by atoms with E-state index in [2.05, 4.69) is 32.9 Å². The molecule has 0 heterocycles. The molecule has 0 radical (unpaired) electrons. The molecule has 0 aromatic heterocycles. The van der Waals surface area contributed by atoms with Crippen LogP contribution in [0.5, 0.6) is 0 Å². The number of esters is 1. The Morgan fingerprint density at radius 1 is 1.00 bits per heavy atom. The summed E-state index contributed by atoms with van der Waals surface area (Å²) in [6, 6.07) is 20.3. The monoisotopic (exact) mass is 364 g/mol. The Hall–Kier alpha value is -2.09. The minimum atomic E-state index is -0.251. The van der Waals surface area contributed by atoms with Crippen molar-refractivity contribution in [3.8, 4) is 0 Å². The molecule has 0 amide bonds. The second-order valence-electron chi connectivity index (χ2n) is 8.45. The summed E-state index contributed by atoms with van der Waals surface area (Å²) in [4.78, 5) is 13.3. The van der Waals surface area contributed by atoms with Gasteiger partial charge in [0.05, 0.1) is 5.92 Å². The van der Waals surface area contributed by atoms with Crippen LogP contribution < -0.4 is 0 Å². The zero-order chi connectivity index (χ0) is 19.2. The molecule has 1 fully saturated rings. The maximum absolute atomic E-state index is 13.3. The standard InChI is InChI=1S/C25H32O2/c1-18(2)22-15-14-19(3)16-24(22)27-25(26)23(21-12-8-5-9-13-21)17-20-10-6-4-7-11-20/h4-13,18-19,22-24H,14-17H2,1-3H3/t19-,22-,23-,24+/m0/s1. The van der Waals surface area contributed by atoms with Crippen LogP contribution in [0.3, 0.4) is 0 Å². The second-order valence-corrected chi connectivity index (χ2v) is 8.45. The van der Waals surface area contributed by atoms with Gasteiger partial charge in [-0.25, -0.2) is 0 Å². The fourth-order valence-electron chi connectivity index (χ4n) is 4.35. The van der Waals surface area contributed by atoms with E-state index in [9.17, 15) is 4.79 Å². The predicted molar refractivity (Wildman–Crippen MR) is 111 cm³/mol. The van der Waals surface area contributed by atoms with Crippen molar-refractivity contribution >= 4 is 5.97 Å². The van der Waals surface area contributed by atoms with Crippen molar-refractivity contribution in [3.63, 3.8) is 0 Å². The van der Waals surface area contributed by atoms with Crippen LogP contribution in [-0.4, -0.2) is 12.1 Å². The lowest BCUT2D eigenvalue weighted by atomic mass is 9.75. The SMILES string of the molecule is CC(C)[C@@H]1CC[C@H](C)C[C@H]1OC(=O)[C@@H](Cc1ccccc1)c1ccccc1. The highest BCUT2D eigenvalue weighted by molar-refractivity contribution is 5.78. The number of benzene rings is 2. The highest BCUT2D eigenvalue weighted by Crippen LogP contribution is 2.36. The Balaban J connectivity index is 1.79. The van der Waals surface area contributed by atoms with Crippen molar-refractivity contribution in [2.75, 3.05) is 0 Å². The van der Waals surface area contributed by atoms with E-state index in [1.54, 1.807) is 0 Å². The van der Waals surface area contributed by atoms with Crippen molar-refractivity contribution < 1.29 is 9.53 Å². The molecule has 27 heavy (non-hydrogen) atoms. The van der Waals surface area contributed by atoms with E-state index >= 15 is 0 Å². The number of hydrogen-bond donors (Lipinski definition) is 0. The van der Waals surface area contributed by atoms with Crippen LogP contribution >= 0.6 is 0 Å². The molecule has 2 nitrogen and oxygen atoms in total. The first kappa shape index (κ1) is 19.7. The van der Waals surface area contributed by atoms with Crippen molar-refractivity contribution in [3.05, 3.63) is 71.8 Å². The summed E-state index contributed by atoms with van der Waals surface area (Å²) >= 11 is 0. The zero-order valence-electron chi connectivity index (χ0n) is 16.8. The Bertz CT molecular complexity index is 708. The zero-order valence-corrected chi connectivity index (χ0v) is 16.8. The number of carbonyl (C=O) groups is 1. The van der Waals surface area contributed by atoms with Crippen LogP contribution in [0.2, 0.25) is 0 Å². The lowest BCUT2D eigenvalue weighted by Gasteiger charge is -2.37. The van der Waals surface area contributed by atoms with Crippen LogP contribution in [0.15, 0.2) is 60.7 Å². The first-order valence-corrected chi connectivity index (χ1v) is 10.3. The summed E-state index contributed by atoms with van der Waals surface area (Å²) in [6.45, 7) is 6.77. The molecule has 1 aliphatic carbocycles. The summed E-state index contributed by atoms with van der Waals surface area (Å²) < 4.78 is 6.19. The summed E-state index contributed by atoms with van der Waals surface area (Å²) in [5, 5.41) is 0. The van der Waals surface area contributed by atoms with E-state index < -0.39 is 0 Å². The van der Waals surface area contributed by atoms with Gasteiger partial charge in [-0.3, -0.25) is 4.79 Å². The van der Waals surface area contributed by atoms with Gasteiger partial charge in [-0.15, -0.1) is 0 Å². The summed E-state index contributed by atoms with van der Waals surface area (Å²) in [6.07, 6.45) is 4.11. The molecule has 0 unspecified atom stereocenters. The van der Waals surface area contributed by atoms with Gasteiger partial charge in [0.2, 0.25) is 0 Å². The molecular weight excluding hydrogens is 332 g/mol.